The van der Waals surface area contributed by atoms with Gasteiger partial charge in [-0.2, -0.15) is 18.4 Å². The quantitative estimate of drug-likeness (QED) is 0.739. The van der Waals surface area contributed by atoms with Gasteiger partial charge in [0.05, 0.1) is 21.7 Å². The monoisotopic (exact) mass is 359 g/mol. The molecule has 0 amide bonds. The molecule has 0 fully saturated rings. The van der Waals surface area contributed by atoms with Crippen molar-refractivity contribution in [2.75, 3.05) is 0 Å². The van der Waals surface area contributed by atoms with E-state index in [0.29, 0.717) is 12.1 Å². The van der Waals surface area contributed by atoms with E-state index in [-0.39, 0.29) is 26.9 Å². The fourth-order valence-corrected chi connectivity index (χ4v) is 2.25. The predicted octanol–water partition coefficient (Wildman–Crippen LogP) is 4.85. The van der Waals surface area contributed by atoms with Crippen molar-refractivity contribution >= 4 is 15.9 Å². The normalized spacial score (nSPS) is 11.2. The molecule has 108 valence electrons. The molecule has 1 N–H and O–H groups in total. The van der Waals surface area contributed by atoms with Gasteiger partial charge >= 0.3 is 6.18 Å². The zero-order chi connectivity index (χ0) is 15.8. The molecular weight excluding hydrogens is 354 g/mol. The highest BCUT2D eigenvalue weighted by Gasteiger charge is 2.34. The first-order valence-corrected chi connectivity index (χ1v) is 6.33. The molecule has 0 aliphatic carbocycles. The van der Waals surface area contributed by atoms with Gasteiger partial charge in [0.15, 0.2) is 0 Å². The molecule has 0 spiro atoms. The van der Waals surface area contributed by atoms with Gasteiger partial charge in [0.2, 0.25) is 0 Å². The summed E-state index contributed by atoms with van der Waals surface area (Å²) in [6.07, 6.45) is -4.85. The summed E-state index contributed by atoms with van der Waals surface area (Å²) < 4.78 is 51.5. The van der Waals surface area contributed by atoms with Crippen molar-refractivity contribution in [1.82, 2.24) is 0 Å². The molecular formula is C14H6BrF4NO. The standard InChI is InChI=1S/C14H6BrF4NO/c15-11-4-7(6-20)3-9(13(11)21)8-1-2-12(16)10(5-8)14(17,18)19/h1-5,21H. The van der Waals surface area contributed by atoms with E-state index in [1.807, 2.05) is 6.07 Å². The smallest absolute Gasteiger partial charge is 0.419 e. The average molecular weight is 360 g/mol. The van der Waals surface area contributed by atoms with Crippen LogP contribution >= 0.6 is 15.9 Å². The van der Waals surface area contributed by atoms with E-state index in [1.165, 1.54) is 12.1 Å². The molecule has 0 aromatic heterocycles. The maximum Gasteiger partial charge on any atom is 0.419 e. The summed E-state index contributed by atoms with van der Waals surface area (Å²) >= 11 is 3.01. The number of phenolic OH excluding ortho intramolecular Hbond substituents is 1. The Morgan fingerprint density at radius 3 is 2.38 bits per heavy atom. The minimum atomic E-state index is -4.85. The van der Waals surface area contributed by atoms with Crippen LogP contribution in [0.5, 0.6) is 5.75 Å². The van der Waals surface area contributed by atoms with Crippen molar-refractivity contribution < 1.29 is 22.7 Å². The van der Waals surface area contributed by atoms with Crippen molar-refractivity contribution in [2.24, 2.45) is 0 Å². The summed E-state index contributed by atoms with van der Waals surface area (Å²) in [5.74, 6) is -1.73. The lowest BCUT2D eigenvalue weighted by Crippen LogP contribution is -2.08. The zero-order valence-corrected chi connectivity index (χ0v) is 11.8. The van der Waals surface area contributed by atoms with E-state index in [0.717, 1.165) is 6.07 Å². The summed E-state index contributed by atoms with van der Waals surface area (Å²) in [4.78, 5) is 0. The van der Waals surface area contributed by atoms with E-state index < -0.39 is 17.6 Å². The first-order chi connectivity index (χ1) is 9.74. The van der Waals surface area contributed by atoms with Crippen LogP contribution in [0.4, 0.5) is 17.6 Å². The van der Waals surface area contributed by atoms with E-state index >= 15 is 0 Å². The second-order valence-electron chi connectivity index (χ2n) is 4.16. The number of halogens is 5. The molecule has 2 rings (SSSR count). The van der Waals surface area contributed by atoms with Gasteiger partial charge < -0.3 is 5.11 Å². The van der Waals surface area contributed by atoms with Crippen molar-refractivity contribution in [2.45, 2.75) is 6.18 Å². The molecule has 0 aliphatic heterocycles. The first-order valence-electron chi connectivity index (χ1n) is 5.53. The van der Waals surface area contributed by atoms with E-state index in [4.69, 9.17) is 5.26 Å². The number of nitriles is 1. The molecule has 0 atom stereocenters. The number of hydrogen-bond acceptors (Lipinski definition) is 2. The lowest BCUT2D eigenvalue weighted by atomic mass is 10.00. The van der Waals surface area contributed by atoms with Crippen LogP contribution < -0.4 is 0 Å². The molecule has 0 aliphatic rings. The van der Waals surface area contributed by atoms with Gasteiger partial charge in [-0.3, -0.25) is 0 Å². The lowest BCUT2D eigenvalue weighted by Gasteiger charge is -2.12. The van der Waals surface area contributed by atoms with Gasteiger partial charge in [0, 0.05) is 5.56 Å². The number of phenols is 1. The van der Waals surface area contributed by atoms with E-state index in [2.05, 4.69) is 15.9 Å². The zero-order valence-electron chi connectivity index (χ0n) is 10.2. The SMILES string of the molecule is N#Cc1cc(Br)c(O)c(-c2ccc(F)c(C(F)(F)F)c2)c1. The van der Waals surface area contributed by atoms with Gasteiger partial charge in [0.25, 0.3) is 0 Å². The van der Waals surface area contributed by atoms with Crippen LogP contribution in [-0.4, -0.2) is 5.11 Å². The number of benzene rings is 2. The summed E-state index contributed by atoms with van der Waals surface area (Å²) in [6.45, 7) is 0. The maximum absolute atomic E-state index is 13.3. The Labute approximate surface area is 125 Å². The number of alkyl halides is 3. The second-order valence-corrected chi connectivity index (χ2v) is 5.01. The number of aromatic hydroxyl groups is 1. The van der Waals surface area contributed by atoms with Crippen LogP contribution in [0, 0.1) is 17.1 Å². The first kappa shape index (κ1) is 15.3. The summed E-state index contributed by atoms with van der Waals surface area (Å²) in [7, 11) is 0. The van der Waals surface area contributed by atoms with Crippen LogP contribution in [0.1, 0.15) is 11.1 Å². The third-order valence-electron chi connectivity index (χ3n) is 2.78. The Morgan fingerprint density at radius 2 is 1.81 bits per heavy atom. The van der Waals surface area contributed by atoms with Gasteiger partial charge in [-0.05, 0) is 45.8 Å². The molecule has 21 heavy (non-hydrogen) atoms. The Morgan fingerprint density at radius 1 is 1.14 bits per heavy atom. The number of hydrogen-bond donors (Lipinski definition) is 1. The van der Waals surface area contributed by atoms with Crippen molar-refractivity contribution in [3.05, 3.63) is 51.7 Å². The lowest BCUT2D eigenvalue weighted by molar-refractivity contribution is -0.139. The highest BCUT2D eigenvalue weighted by Crippen LogP contribution is 2.39. The van der Waals surface area contributed by atoms with Gasteiger partial charge in [-0.25, -0.2) is 4.39 Å². The Balaban J connectivity index is 2.69. The van der Waals surface area contributed by atoms with E-state index in [1.54, 1.807) is 0 Å². The predicted molar refractivity (Wildman–Crippen MR) is 70.9 cm³/mol. The van der Waals surface area contributed by atoms with Crippen LogP contribution in [0.15, 0.2) is 34.8 Å². The minimum Gasteiger partial charge on any atom is -0.506 e. The summed E-state index contributed by atoms with van der Waals surface area (Å²) in [5.41, 5.74) is -1.32. The largest absolute Gasteiger partial charge is 0.506 e. The Hall–Kier alpha value is -2.07. The molecule has 2 aromatic rings. The fourth-order valence-electron chi connectivity index (χ4n) is 1.79. The van der Waals surface area contributed by atoms with Crippen LogP contribution in [0.25, 0.3) is 11.1 Å². The molecule has 2 aromatic carbocycles. The molecule has 0 heterocycles. The molecule has 0 radical (unpaired) electrons. The maximum atomic E-state index is 13.3. The number of nitrogens with zero attached hydrogens (tertiary/aromatic N) is 1. The fraction of sp³-hybridized carbons (Fsp3) is 0.0714. The van der Waals surface area contributed by atoms with Gasteiger partial charge in [-0.15, -0.1) is 0 Å². The van der Waals surface area contributed by atoms with Gasteiger partial charge in [-0.1, -0.05) is 6.07 Å². The highest BCUT2D eigenvalue weighted by atomic mass is 79.9. The third-order valence-corrected chi connectivity index (χ3v) is 3.38. The molecule has 0 unspecified atom stereocenters. The molecule has 0 saturated heterocycles. The van der Waals surface area contributed by atoms with Crippen LogP contribution in [0.3, 0.4) is 0 Å². The third kappa shape index (κ3) is 3.00. The highest BCUT2D eigenvalue weighted by molar-refractivity contribution is 9.10. The van der Waals surface area contributed by atoms with Crippen LogP contribution in [0.2, 0.25) is 0 Å². The van der Waals surface area contributed by atoms with Crippen LogP contribution in [-0.2, 0) is 6.18 Å². The molecule has 0 saturated carbocycles. The molecule has 2 nitrogen and oxygen atoms in total. The van der Waals surface area contributed by atoms with Crippen molar-refractivity contribution in [3.63, 3.8) is 0 Å². The van der Waals surface area contributed by atoms with Crippen molar-refractivity contribution in [3.8, 4) is 22.9 Å². The summed E-state index contributed by atoms with van der Waals surface area (Å²) in [6, 6.07) is 6.75. The van der Waals surface area contributed by atoms with Gasteiger partial charge in [0.1, 0.15) is 11.6 Å². The Bertz CT molecular complexity index is 750. The topological polar surface area (TPSA) is 44.0 Å². The van der Waals surface area contributed by atoms with Crippen molar-refractivity contribution in [1.29, 1.82) is 5.26 Å². The minimum absolute atomic E-state index is 0.00595. The second kappa shape index (κ2) is 5.37. The summed E-state index contributed by atoms with van der Waals surface area (Å²) in [5, 5.41) is 18.8. The average Bonchev–Trinajstić information content (AvgIpc) is 2.41. The molecule has 7 heteroatoms. The molecule has 0 bridgehead atoms. The Kier molecular flexibility index (Phi) is 3.92. The number of rotatable bonds is 1. The van der Waals surface area contributed by atoms with E-state index in [9.17, 15) is 22.7 Å².